The molecule has 0 bridgehead atoms. The van der Waals surface area contributed by atoms with Gasteiger partial charge in [-0.3, -0.25) is 4.79 Å². The van der Waals surface area contributed by atoms with Crippen molar-refractivity contribution in [3.8, 4) is 5.75 Å². The van der Waals surface area contributed by atoms with Crippen LogP contribution in [-0.2, 0) is 28.6 Å². The third kappa shape index (κ3) is 9.68. The first-order valence-corrected chi connectivity index (χ1v) is 18.1. The fraction of sp³-hybridized carbons (Fsp3) is 0.588. The minimum Gasteiger partial charge on any atom is -0.483 e. The van der Waals surface area contributed by atoms with Gasteiger partial charge in [-0.2, -0.15) is 26.7 Å². The van der Waals surface area contributed by atoms with Crippen molar-refractivity contribution in [2.24, 2.45) is 16.9 Å². The Balaban J connectivity index is 0.000000246. The Kier molecular flexibility index (Phi) is 11.5. The average Bonchev–Trinajstić information content (AvgIpc) is 3.01. The van der Waals surface area contributed by atoms with Gasteiger partial charge in [-0.05, 0) is 83.7 Å². The minimum atomic E-state index is -5.70. The molecular formula is C34H46F3N5O9S. The quantitative estimate of drug-likeness (QED) is 0.304. The minimum absolute atomic E-state index is 0.00583. The normalized spacial score (nSPS) is 22.2. The van der Waals surface area contributed by atoms with Gasteiger partial charge >= 0.3 is 27.8 Å². The molecule has 18 heteroatoms. The molecule has 0 aromatic heterocycles. The van der Waals surface area contributed by atoms with Gasteiger partial charge in [-0.1, -0.05) is 26.0 Å². The van der Waals surface area contributed by atoms with Crippen LogP contribution in [0.25, 0.3) is 5.57 Å². The Bertz CT molecular complexity index is 1760. The fourth-order valence-electron chi connectivity index (χ4n) is 5.66. The summed E-state index contributed by atoms with van der Waals surface area (Å²) in [6.07, 6.45) is 2.28. The van der Waals surface area contributed by atoms with E-state index in [4.69, 9.17) is 14.2 Å². The Hall–Kier alpha value is -4.48. The highest BCUT2D eigenvalue weighted by Gasteiger charge is 2.49. The highest BCUT2D eigenvalue weighted by Crippen LogP contribution is 2.39. The molecule has 0 fully saturated rings. The molecule has 1 N–H and O–H groups in total. The second kappa shape index (κ2) is 14.9. The average molecular weight is 758 g/mol. The Morgan fingerprint density at radius 1 is 0.904 bits per heavy atom. The lowest BCUT2D eigenvalue weighted by molar-refractivity contribution is -0.122. The first kappa shape index (κ1) is 40.3. The van der Waals surface area contributed by atoms with E-state index in [-0.39, 0.29) is 42.8 Å². The first-order valence-electron chi connectivity index (χ1n) is 16.7. The summed E-state index contributed by atoms with van der Waals surface area (Å²) in [4.78, 5) is 41.3. The molecule has 1 aromatic carbocycles. The maximum absolute atomic E-state index is 12.4. The Labute approximate surface area is 301 Å². The number of ether oxygens (including phenoxy) is 3. The molecule has 2 unspecified atom stereocenters. The molecule has 52 heavy (non-hydrogen) atoms. The molecule has 0 spiro atoms. The van der Waals surface area contributed by atoms with E-state index in [0.29, 0.717) is 25.5 Å². The summed E-state index contributed by atoms with van der Waals surface area (Å²) in [7, 11) is -5.70. The van der Waals surface area contributed by atoms with Crippen LogP contribution in [0.2, 0.25) is 0 Å². The van der Waals surface area contributed by atoms with Gasteiger partial charge in [0.1, 0.15) is 35.4 Å². The molecule has 14 nitrogen and oxygen atoms in total. The van der Waals surface area contributed by atoms with E-state index < -0.39 is 38.8 Å². The van der Waals surface area contributed by atoms with Gasteiger partial charge in [0, 0.05) is 32.1 Å². The predicted molar refractivity (Wildman–Crippen MR) is 186 cm³/mol. The molecule has 5 rings (SSSR count). The van der Waals surface area contributed by atoms with Crippen LogP contribution in [0.4, 0.5) is 28.4 Å². The standard InChI is InChI=1S/C22H28N4O4.C12H18F3NO5S/c1-13-11-25(21(28)30-22(3,4)5)9-8-16(13)15-6-7-18-17(10-15)26-14(2)20(27)24-23-19(26)12-29-18;1-8-7-16(10(17)20-11(2,3)4)6-5-9(8)21-22(18,19)12(13,14)15/h6-8,10,13-14H,9,11-12H2,1-5H3,(H,24,27);5,8H,6-7H2,1-4H3/t13?,14-;/m1./s1. The van der Waals surface area contributed by atoms with Crippen LogP contribution < -0.4 is 15.1 Å². The second-order valence-corrected chi connectivity index (χ2v) is 16.4. The smallest absolute Gasteiger partial charge is 0.483 e. The number of hydrazone groups is 1. The number of fused-ring (bicyclic) bond motifs is 3. The zero-order chi connectivity index (χ0) is 39.0. The van der Waals surface area contributed by atoms with Crippen LogP contribution in [-0.4, -0.2) is 97.7 Å². The molecule has 3 atom stereocenters. The van der Waals surface area contributed by atoms with Gasteiger partial charge in [0.15, 0.2) is 5.84 Å². The topological polar surface area (TPSA) is 156 Å². The van der Waals surface area contributed by atoms with Crippen molar-refractivity contribution in [1.82, 2.24) is 15.2 Å². The molecule has 288 valence electrons. The van der Waals surface area contributed by atoms with Gasteiger partial charge in [0.25, 0.3) is 5.91 Å². The number of hydrogen-bond acceptors (Lipinski definition) is 11. The molecule has 3 amide bonds. The number of carbonyl (C=O) groups is 3. The molecule has 0 radical (unpaired) electrons. The van der Waals surface area contributed by atoms with E-state index >= 15 is 0 Å². The van der Waals surface area contributed by atoms with Crippen molar-refractivity contribution in [3.05, 3.63) is 41.7 Å². The SMILES string of the molecule is CC1CN(C(=O)OC(C)(C)C)CC=C1OS(=O)(=O)C(F)(F)F.CC1CN(C(=O)OC(C)(C)C)CC=C1c1ccc2c(c1)N1C(=NNC(=O)[C@H]1C)CO2. The maximum Gasteiger partial charge on any atom is 0.534 e. The lowest BCUT2D eigenvalue weighted by Crippen LogP contribution is -2.55. The number of carbonyl (C=O) groups excluding carboxylic acids is 3. The number of nitrogens with one attached hydrogen (secondary N) is 1. The van der Waals surface area contributed by atoms with Crippen LogP contribution >= 0.6 is 0 Å². The number of alkyl halides is 3. The van der Waals surface area contributed by atoms with Crippen LogP contribution in [0, 0.1) is 11.8 Å². The zero-order valence-electron chi connectivity index (χ0n) is 30.7. The summed E-state index contributed by atoms with van der Waals surface area (Å²) >= 11 is 0. The Morgan fingerprint density at radius 2 is 1.46 bits per heavy atom. The third-order valence-electron chi connectivity index (χ3n) is 8.09. The van der Waals surface area contributed by atoms with Crippen molar-refractivity contribution >= 4 is 45.3 Å². The molecule has 0 aliphatic carbocycles. The van der Waals surface area contributed by atoms with Crippen LogP contribution in [0.1, 0.15) is 67.9 Å². The van der Waals surface area contributed by atoms with Crippen molar-refractivity contribution in [1.29, 1.82) is 0 Å². The Morgan fingerprint density at radius 3 is 1.98 bits per heavy atom. The molecule has 4 heterocycles. The number of rotatable bonds is 3. The molecule has 1 aromatic rings. The maximum atomic E-state index is 12.4. The van der Waals surface area contributed by atoms with E-state index in [9.17, 15) is 36.0 Å². The van der Waals surface area contributed by atoms with Gasteiger partial charge in [-0.25, -0.2) is 15.0 Å². The van der Waals surface area contributed by atoms with Crippen molar-refractivity contribution < 1.29 is 54.4 Å². The lowest BCUT2D eigenvalue weighted by Gasteiger charge is -2.38. The van der Waals surface area contributed by atoms with Crippen LogP contribution in [0.15, 0.2) is 41.2 Å². The molecule has 0 saturated heterocycles. The van der Waals surface area contributed by atoms with Gasteiger partial charge in [0.05, 0.1) is 5.69 Å². The monoisotopic (exact) mass is 757 g/mol. The summed E-state index contributed by atoms with van der Waals surface area (Å²) in [6.45, 7) is 17.4. The first-order chi connectivity index (χ1) is 23.9. The number of amides is 3. The van der Waals surface area contributed by atoms with Crippen molar-refractivity contribution in [2.75, 3.05) is 37.7 Å². The summed E-state index contributed by atoms with van der Waals surface area (Å²) < 4.78 is 79.4. The molecule has 0 saturated carbocycles. The van der Waals surface area contributed by atoms with E-state index in [1.54, 1.807) is 25.7 Å². The van der Waals surface area contributed by atoms with Crippen LogP contribution in [0.3, 0.4) is 0 Å². The highest BCUT2D eigenvalue weighted by molar-refractivity contribution is 7.87. The van der Waals surface area contributed by atoms with Crippen molar-refractivity contribution in [2.45, 2.75) is 85.1 Å². The summed E-state index contributed by atoms with van der Waals surface area (Å²) in [5.74, 6) is 0.377. The van der Waals surface area contributed by atoms with E-state index in [1.165, 1.54) is 11.8 Å². The predicted octanol–water partition coefficient (Wildman–Crippen LogP) is 5.61. The number of hydrogen-bond donors (Lipinski definition) is 1. The summed E-state index contributed by atoms with van der Waals surface area (Å²) in [5.41, 5.74) is -1.12. The van der Waals surface area contributed by atoms with Crippen molar-refractivity contribution in [3.63, 3.8) is 0 Å². The number of amidine groups is 1. The summed E-state index contributed by atoms with van der Waals surface area (Å²) in [6, 6.07) is 5.65. The van der Waals surface area contributed by atoms with E-state index in [0.717, 1.165) is 28.6 Å². The zero-order valence-corrected chi connectivity index (χ0v) is 31.5. The lowest BCUT2D eigenvalue weighted by atomic mass is 9.90. The second-order valence-electron chi connectivity index (χ2n) is 14.8. The number of anilines is 1. The number of nitrogens with zero attached hydrogens (tertiary/aromatic N) is 4. The molecular weight excluding hydrogens is 711 g/mol. The molecule has 4 aliphatic rings. The van der Waals surface area contributed by atoms with E-state index in [1.807, 2.05) is 50.8 Å². The summed E-state index contributed by atoms with van der Waals surface area (Å²) in [5, 5.41) is 4.14. The third-order valence-corrected chi connectivity index (χ3v) is 9.07. The number of halogens is 3. The van der Waals surface area contributed by atoms with Gasteiger partial charge in [0.2, 0.25) is 0 Å². The number of benzene rings is 1. The fourth-order valence-corrected chi connectivity index (χ4v) is 6.24. The van der Waals surface area contributed by atoms with Gasteiger partial charge in [-0.15, -0.1) is 0 Å². The highest BCUT2D eigenvalue weighted by atomic mass is 32.2. The van der Waals surface area contributed by atoms with E-state index in [2.05, 4.69) is 27.7 Å². The molecule has 4 aliphatic heterocycles. The largest absolute Gasteiger partial charge is 0.534 e. The van der Waals surface area contributed by atoms with Gasteiger partial charge < -0.3 is 33.1 Å². The van der Waals surface area contributed by atoms with Crippen LogP contribution in [0.5, 0.6) is 5.75 Å².